The lowest BCUT2D eigenvalue weighted by molar-refractivity contribution is -0.276. The smallest absolute Gasteiger partial charge is 0.220 e. The molecule has 2 heterocycles. The Kier molecular flexibility index (Phi) is 13.8. The molecule has 2 aliphatic heterocycles. The van der Waals surface area contributed by atoms with Crippen molar-refractivity contribution in [1.82, 2.24) is 15.5 Å². The summed E-state index contributed by atoms with van der Waals surface area (Å²) < 4.78 is 19.1. The maximum Gasteiger partial charge on any atom is 0.220 e. The van der Waals surface area contributed by atoms with E-state index in [2.05, 4.69) is 64.9 Å². The van der Waals surface area contributed by atoms with Gasteiger partial charge in [0.05, 0.1) is 25.4 Å². The summed E-state index contributed by atoms with van der Waals surface area (Å²) in [6, 6.07) is 25.1. The number of likely N-dealkylation sites (tertiary alicyclic amines) is 1. The lowest BCUT2D eigenvalue weighted by atomic mass is 9.89. The van der Waals surface area contributed by atoms with Crippen molar-refractivity contribution in [3.8, 4) is 11.1 Å². The molecule has 9 heteroatoms. The maximum absolute atomic E-state index is 12.5. The summed E-state index contributed by atoms with van der Waals surface area (Å²) in [6.07, 6.45) is 4.56. The van der Waals surface area contributed by atoms with Gasteiger partial charge >= 0.3 is 0 Å². The Hall–Kier alpha value is -3.60. The summed E-state index contributed by atoms with van der Waals surface area (Å²) in [6.45, 7) is 7.41. The van der Waals surface area contributed by atoms with Crippen molar-refractivity contribution in [1.29, 1.82) is 0 Å². The molecule has 0 spiro atoms. The number of nitrogens with one attached hydrogen (secondary N) is 2. The molecule has 5 atom stereocenters. The fourth-order valence-corrected chi connectivity index (χ4v) is 6.94. The standard InChI is InChI=1S/C40H53N3O6/c1-28-37(25-43-21-9-14-36(43)27-47-3)48-40(49-39(28)32-18-16-30(26-44)17-19-32)35-13-8-12-34(23-35)33-11-7-10-31(22-33)24-42-38(46)15-5-4-6-20-41-29(2)45/h7-8,10-13,16-19,22-23,28,36-37,39-40,44H,4-6,9,14-15,20-21,24-27H2,1-3H3,(H,41,45)(H,42,46)/t28-,36+,37+,39+,40+/m1/s1. The van der Waals surface area contributed by atoms with E-state index >= 15 is 0 Å². The van der Waals surface area contributed by atoms with Gasteiger partial charge in [0.15, 0.2) is 6.29 Å². The summed E-state index contributed by atoms with van der Waals surface area (Å²) >= 11 is 0. The largest absolute Gasteiger partial charge is 0.392 e. The predicted octanol–water partition coefficient (Wildman–Crippen LogP) is 6.06. The van der Waals surface area contributed by atoms with Crippen LogP contribution in [0.1, 0.15) is 87.0 Å². The normalized spacial score (nSPS) is 22.6. The average Bonchev–Trinajstić information content (AvgIpc) is 3.56. The molecule has 2 fully saturated rings. The van der Waals surface area contributed by atoms with E-state index in [1.165, 1.54) is 6.92 Å². The molecule has 5 rings (SSSR count). The van der Waals surface area contributed by atoms with Gasteiger partial charge in [-0.1, -0.05) is 74.0 Å². The number of methoxy groups -OCH3 is 1. The topological polar surface area (TPSA) is 109 Å². The van der Waals surface area contributed by atoms with E-state index in [1.54, 1.807) is 7.11 Å². The molecular formula is C40H53N3O6. The third-order valence-corrected chi connectivity index (χ3v) is 9.76. The summed E-state index contributed by atoms with van der Waals surface area (Å²) in [4.78, 5) is 26.0. The summed E-state index contributed by atoms with van der Waals surface area (Å²) in [5, 5.41) is 15.5. The second-order valence-corrected chi connectivity index (χ2v) is 13.5. The molecule has 2 amide bonds. The number of hydrogen-bond acceptors (Lipinski definition) is 7. The van der Waals surface area contributed by atoms with Crippen LogP contribution in [0.15, 0.2) is 72.8 Å². The predicted molar refractivity (Wildman–Crippen MR) is 190 cm³/mol. The number of carbonyl (C=O) groups is 2. The lowest BCUT2D eigenvalue weighted by Gasteiger charge is -2.43. The van der Waals surface area contributed by atoms with Gasteiger partial charge in [-0.15, -0.1) is 0 Å². The number of aliphatic hydroxyl groups excluding tert-OH is 1. The number of hydrogen-bond donors (Lipinski definition) is 3. The first-order chi connectivity index (χ1) is 23.8. The molecule has 3 N–H and O–H groups in total. The van der Waals surface area contributed by atoms with Gasteiger partial charge in [0, 0.05) is 57.6 Å². The zero-order chi connectivity index (χ0) is 34.6. The second-order valence-electron chi connectivity index (χ2n) is 13.5. The lowest BCUT2D eigenvalue weighted by Crippen LogP contribution is -2.46. The SMILES string of the molecule is COC[C@@H]1CCCN1C[C@@H]1O[C@H](c2cccc(-c3cccc(CNC(=O)CCCCCNC(C)=O)c3)c2)O[C@H](c2ccc(CO)cc2)[C@@H]1C. The van der Waals surface area contributed by atoms with Gasteiger partial charge in [-0.05, 0) is 72.2 Å². The van der Waals surface area contributed by atoms with Crippen molar-refractivity contribution >= 4 is 11.8 Å². The highest BCUT2D eigenvalue weighted by Gasteiger charge is 2.40. The molecule has 3 aromatic carbocycles. The van der Waals surface area contributed by atoms with Gasteiger partial charge in [-0.2, -0.15) is 0 Å². The first-order valence-electron chi connectivity index (χ1n) is 17.8. The van der Waals surface area contributed by atoms with Crippen molar-refractivity contribution in [3.63, 3.8) is 0 Å². The Morgan fingerprint density at radius 1 is 0.918 bits per heavy atom. The molecular weight excluding hydrogens is 618 g/mol. The quantitative estimate of drug-likeness (QED) is 0.159. The molecule has 264 valence electrons. The van der Waals surface area contributed by atoms with E-state index in [1.807, 2.05) is 30.3 Å². The number of aliphatic hydroxyl groups is 1. The number of unbranched alkanes of at least 4 members (excludes halogenated alkanes) is 2. The number of nitrogens with zero attached hydrogens (tertiary/aromatic N) is 1. The fraction of sp³-hybridized carbons (Fsp3) is 0.500. The Morgan fingerprint density at radius 3 is 2.45 bits per heavy atom. The Labute approximate surface area is 291 Å². The minimum absolute atomic E-state index is 0.00799. The monoisotopic (exact) mass is 671 g/mol. The first-order valence-corrected chi connectivity index (χ1v) is 17.8. The van der Waals surface area contributed by atoms with E-state index < -0.39 is 6.29 Å². The van der Waals surface area contributed by atoms with Crippen LogP contribution in [0, 0.1) is 5.92 Å². The Balaban J connectivity index is 1.27. The molecule has 2 aliphatic rings. The van der Waals surface area contributed by atoms with Gasteiger partial charge in [0.2, 0.25) is 11.8 Å². The van der Waals surface area contributed by atoms with E-state index in [9.17, 15) is 14.7 Å². The highest BCUT2D eigenvalue weighted by Crippen LogP contribution is 2.43. The molecule has 0 bridgehead atoms. The fourth-order valence-electron chi connectivity index (χ4n) is 6.94. The first kappa shape index (κ1) is 36.7. The molecule has 9 nitrogen and oxygen atoms in total. The van der Waals surface area contributed by atoms with Crippen LogP contribution in [-0.2, 0) is 37.0 Å². The Morgan fingerprint density at radius 2 is 1.69 bits per heavy atom. The van der Waals surface area contributed by atoms with Crippen molar-refractivity contribution in [2.45, 2.75) is 90.1 Å². The second kappa shape index (κ2) is 18.4. The summed E-state index contributed by atoms with van der Waals surface area (Å²) in [7, 11) is 1.77. The van der Waals surface area contributed by atoms with Gasteiger partial charge in [0.1, 0.15) is 0 Å². The Bertz CT molecular complexity index is 1500. The van der Waals surface area contributed by atoms with Crippen LogP contribution in [-0.4, -0.2) is 67.3 Å². The molecule has 3 aromatic rings. The summed E-state index contributed by atoms with van der Waals surface area (Å²) in [5.74, 6) is 0.120. The van der Waals surface area contributed by atoms with Gasteiger partial charge in [-0.3, -0.25) is 14.5 Å². The summed E-state index contributed by atoms with van der Waals surface area (Å²) in [5.41, 5.74) is 6.05. The molecule has 0 saturated carbocycles. The average molecular weight is 672 g/mol. The highest BCUT2D eigenvalue weighted by molar-refractivity contribution is 5.76. The van der Waals surface area contributed by atoms with Crippen LogP contribution in [0.25, 0.3) is 11.1 Å². The van der Waals surface area contributed by atoms with Crippen LogP contribution in [0.2, 0.25) is 0 Å². The number of carbonyl (C=O) groups excluding carboxylic acids is 2. The zero-order valence-corrected chi connectivity index (χ0v) is 29.2. The minimum atomic E-state index is -0.548. The van der Waals surface area contributed by atoms with Crippen molar-refractivity contribution in [3.05, 3.63) is 95.1 Å². The maximum atomic E-state index is 12.5. The van der Waals surface area contributed by atoms with Crippen LogP contribution in [0.4, 0.5) is 0 Å². The van der Waals surface area contributed by atoms with Crippen molar-refractivity contribution in [2.24, 2.45) is 5.92 Å². The van der Waals surface area contributed by atoms with Crippen molar-refractivity contribution in [2.75, 3.05) is 33.4 Å². The number of ether oxygens (including phenoxy) is 3. The third-order valence-electron chi connectivity index (χ3n) is 9.76. The van der Waals surface area contributed by atoms with Crippen molar-refractivity contribution < 1.29 is 28.9 Å². The van der Waals surface area contributed by atoms with E-state index in [-0.39, 0.29) is 36.5 Å². The zero-order valence-electron chi connectivity index (χ0n) is 29.2. The number of amides is 2. The molecule has 0 aliphatic carbocycles. The van der Waals surface area contributed by atoms with E-state index in [4.69, 9.17) is 14.2 Å². The van der Waals surface area contributed by atoms with Gasteiger partial charge in [-0.25, -0.2) is 0 Å². The van der Waals surface area contributed by atoms with Crippen LogP contribution >= 0.6 is 0 Å². The van der Waals surface area contributed by atoms with E-state index in [0.29, 0.717) is 25.6 Å². The van der Waals surface area contributed by atoms with Crippen LogP contribution < -0.4 is 10.6 Å². The van der Waals surface area contributed by atoms with Gasteiger partial charge < -0.3 is 30.0 Å². The molecule has 0 aromatic heterocycles. The number of benzene rings is 3. The van der Waals surface area contributed by atoms with Gasteiger partial charge in [0.25, 0.3) is 0 Å². The molecule has 0 radical (unpaired) electrons. The van der Waals surface area contributed by atoms with Crippen LogP contribution in [0.3, 0.4) is 0 Å². The molecule has 2 saturated heterocycles. The van der Waals surface area contributed by atoms with Crippen LogP contribution in [0.5, 0.6) is 0 Å². The molecule has 49 heavy (non-hydrogen) atoms. The molecule has 0 unspecified atom stereocenters. The minimum Gasteiger partial charge on any atom is -0.392 e. The van der Waals surface area contributed by atoms with E-state index in [0.717, 1.165) is 85.2 Å². The highest BCUT2D eigenvalue weighted by atomic mass is 16.7. The third kappa shape index (κ3) is 10.4. The number of rotatable bonds is 16.